The first-order chi connectivity index (χ1) is 6.52. The molecule has 1 aromatic rings. The van der Waals surface area contributed by atoms with E-state index in [-0.39, 0.29) is 17.1 Å². The summed E-state index contributed by atoms with van der Waals surface area (Å²) < 4.78 is 4.75. The van der Waals surface area contributed by atoms with Crippen LogP contribution in [-0.2, 0) is 0 Å². The van der Waals surface area contributed by atoms with Gasteiger partial charge in [0.1, 0.15) is 0 Å². The average Bonchev–Trinajstić information content (AvgIpc) is 2.43. The summed E-state index contributed by atoms with van der Waals surface area (Å²) in [5.74, 6) is 0.560. The molecule has 0 atom stereocenters. The van der Waals surface area contributed by atoms with E-state index in [4.69, 9.17) is 4.52 Å². The second kappa shape index (κ2) is 4.04. The van der Waals surface area contributed by atoms with Crippen LogP contribution in [0.3, 0.4) is 0 Å². The van der Waals surface area contributed by atoms with E-state index in [1.165, 1.54) is 6.92 Å². The summed E-state index contributed by atoms with van der Waals surface area (Å²) in [5.41, 5.74) is 0.225. The van der Waals surface area contributed by atoms with Crippen molar-refractivity contribution >= 4 is 11.8 Å². The van der Waals surface area contributed by atoms with Gasteiger partial charge in [0.2, 0.25) is 5.76 Å². The largest absolute Gasteiger partial charge is 0.354 e. The Balaban J connectivity index is 3.04. The SMILES string of the molecule is Cc1onc(/C=C/C(C)C)c1[N+](=O)[O-]. The van der Waals surface area contributed by atoms with Crippen molar-refractivity contribution in [2.45, 2.75) is 20.8 Å². The lowest BCUT2D eigenvalue weighted by Gasteiger charge is -1.91. The van der Waals surface area contributed by atoms with Crippen molar-refractivity contribution in [2.24, 2.45) is 5.92 Å². The number of nitrogens with zero attached hydrogens (tertiary/aromatic N) is 2. The molecule has 14 heavy (non-hydrogen) atoms. The Kier molecular flexibility index (Phi) is 3.01. The minimum atomic E-state index is -0.480. The first-order valence-electron chi connectivity index (χ1n) is 4.31. The molecule has 0 saturated heterocycles. The quantitative estimate of drug-likeness (QED) is 0.550. The fraction of sp³-hybridized carbons (Fsp3) is 0.444. The normalized spacial score (nSPS) is 11.4. The van der Waals surface area contributed by atoms with Crippen molar-refractivity contribution in [3.8, 4) is 0 Å². The van der Waals surface area contributed by atoms with Gasteiger partial charge >= 0.3 is 5.69 Å². The van der Waals surface area contributed by atoms with Crippen molar-refractivity contribution in [2.75, 3.05) is 0 Å². The highest BCUT2D eigenvalue weighted by Gasteiger charge is 2.21. The van der Waals surface area contributed by atoms with Crippen LogP contribution in [0.25, 0.3) is 6.08 Å². The lowest BCUT2D eigenvalue weighted by molar-refractivity contribution is -0.386. The summed E-state index contributed by atoms with van der Waals surface area (Å²) in [5, 5.41) is 14.2. The number of hydrogen-bond acceptors (Lipinski definition) is 4. The van der Waals surface area contributed by atoms with Gasteiger partial charge in [0.15, 0.2) is 5.69 Å². The Bertz CT molecular complexity index is 366. The molecule has 0 spiro atoms. The molecular formula is C9H12N2O3. The second-order valence-electron chi connectivity index (χ2n) is 3.33. The van der Waals surface area contributed by atoms with Gasteiger partial charge in [0.05, 0.1) is 4.92 Å². The van der Waals surface area contributed by atoms with Gasteiger partial charge in [-0.15, -0.1) is 0 Å². The Labute approximate surface area is 81.5 Å². The summed E-state index contributed by atoms with van der Waals surface area (Å²) in [6.45, 7) is 5.49. The molecule has 0 amide bonds. The van der Waals surface area contributed by atoms with Gasteiger partial charge in [-0.1, -0.05) is 25.1 Å². The van der Waals surface area contributed by atoms with Gasteiger partial charge in [-0.25, -0.2) is 0 Å². The molecule has 76 valence electrons. The third kappa shape index (κ3) is 2.18. The molecule has 0 bridgehead atoms. The van der Waals surface area contributed by atoms with E-state index in [0.717, 1.165) is 0 Å². The highest BCUT2D eigenvalue weighted by Crippen LogP contribution is 2.23. The topological polar surface area (TPSA) is 69.2 Å². The van der Waals surface area contributed by atoms with Crippen molar-refractivity contribution in [3.63, 3.8) is 0 Å². The number of nitro groups is 1. The van der Waals surface area contributed by atoms with Gasteiger partial charge in [-0.3, -0.25) is 10.1 Å². The molecule has 1 rings (SSSR count). The predicted octanol–water partition coefficient (Wildman–Crippen LogP) is 2.56. The minimum absolute atomic E-state index is 0.0538. The molecule has 1 heterocycles. The van der Waals surface area contributed by atoms with E-state index in [1.807, 2.05) is 19.9 Å². The number of aromatic nitrogens is 1. The van der Waals surface area contributed by atoms with Crippen LogP contribution in [0.1, 0.15) is 25.3 Å². The third-order valence-corrected chi connectivity index (χ3v) is 1.68. The van der Waals surface area contributed by atoms with Crippen molar-refractivity contribution in [1.29, 1.82) is 0 Å². The van der Waals surface area contributed by atoms with Crippen molar-refractivity contribution in [3.05, 3.63) is 27.6 Å². The van der Waals surface area contributed by atoms with Crippen LogP contribution in [0.15, 0.2) is 10.6 Å². The van der Waals surface area contributed by atoms with E-state index < -0.39 is 4.92 Å². The van der Waals surface area contributed by atoms with Crippen LogP contribution in [0.4, 0.5) is 5.69 Å². The Morgan fingerprint density at radius 3 is 2.71 bits per heavy atom. The van der Waals surface area contributed by atoms with E-state index in [2.05, 4.69) is 5.16 Å². The molecule has 0 N–H and O–H groups in total. The van der Waals surface area contributed by atoms with Gasteiger partial charge in [0.25, 0.3) is 0 Å². The van der Waals surface area contributed by atoms with Crippen LogP contribution in [0.5, 0.6) is 0 Å². The van der Waals surface area contributed by atoms with Crippen molar-refractivity contribution in [1.82, 2.24) is 5.16 Å². The number of aryl methyl sites for hydroxylation is 1. The van der Waals surface area contributed by atoms with Crippen molar-refractivity contribution < 1.29 is 9.45 Å². The van der Waals surface area contributed by atoms with Gasteiger partial charge in [0, 0.05) is 6.92 Å². The monoisotopic (exact) mass is 196 g/mol. The lowest BCUT2D eigenvalue weighted by atomic mass is 10.2. The van der Waals surface area contributed by atoms with Gasteiger partial charge in [-0.05, 0) is 12.0 Å². The Hall–Kier alpha value is -1.65. The number of rotatable bonds is 3. The summed E-state index contributed by atoms with van der Waals surface area (Å²) in [6.07, 6.45) is 3.45. The maximum atomic E-state index is 10.6. The number of allylic oxidation sites excluding steroid dienone is 1. The smallest absolute Gasteiger partial charge is 0.338 e. The molecule has 0 unspecified atom stereocenters. The Morgan fingerprint density at radius 1 is 1.57 bits per heavy atom. The zero-order chi connectivity index (χ0) is 10.7. The molecule has 0 aromatic carbocycles. The van der Waals surface area contributed by atoms with Gasteiger partial charge in [-0.2, -0.15) is 0 Å². The van der Waals surface area contributed by atoms with Crippen LogP contribution in [0.2, 0.25) is 0 Å². The fourth-order valence-corrected chi connectivity index (χ4v) is 1.000. The van der Waals surface area contributed by atoms with E-state index >= 15 is 0 Å². The zero-order valence-corrected chi connectivity index (χ0v) is 8.35. The highest BCUT2D eigenvalue weighted by atomic mass is 16.6. The predicted molar refractivity (Wildman–Crippen MR) is 51.8 cm³/mol. The van der Waals surface area contributed by atoms with E-state index in [9.17, 15) is 10.1 Å². The number of hydrogen-bond donors (Lipinski definition) is 0. The van der Waals surface area contributed by atoms with Crippen LogP contribution in [0, 0.1) is 23.0 Å². The molecule has 1 aromatic heterocycles. The molecule has 0 aliphatic carbocycles. The van der Waals surface area contributed by atoms with Crippen LogP contribution in [-0.4, -0.2) is 10.1 Å². The minimum Gasteiger partial charge on any atom is -0.354 e. The maximum Gasteiger partial charge on any atom is 0.338 e. The first kappa shape index (κ1) is 10.4. The fourth-order valence-electron chi connectivity index (χ4n) is 1.000. The molecule has 0 radical (unpaired) electrons. The zero-order valence-electron chi connectivity index (χ0n) is 8.35. The molecular weight excluding hydrogens is 184 g/mol. The molecule has 0 aliphatic rings. The summed E-state index contributed by atoms with van der Waals surface area (Å²) in [7, 11) is 0. The standard InChI is InChI=1S/C9H12N2O3/c1-6(2)4-5-8-9(11(12)13)7(3)14-10-8/h4-6H,1-3H3/b5-4+. The Morgan fingerprint density at radius 2 is 2.21 bits per heavy atom. The van der Waals surface area contributed by atoms with Crippen LogP contribution < -0.4 is 0 Å². The molecule has 0 fully saturated rings. The average molecular weight is 196 g/mol. The first-order valence-corrected chi connectivity index (χ1v) is 4.31. The third-order valence-electron chi connectivity index (χ3n) is 1.68. The molecule has 5 heteroatoms. The summed E-state index contributed by atoms with van der Waals surface area (Å²) >= 11 is 0. The van der Waals surface area contributed by atoms with Gasteiger partial charge < -0.3 is 4.52 Å². The highest BCUT2D eigenvalue weighted by molar-refractivity contribution is 5.57. The molecule has 5 nitrogen and oxygen atoms in total. The lowest BCUT2D eigenvalue weighted by Crippen LogP contribution is -1.90. The van der Waals surface area contributed by atoms with Crippen LogP contribution >= 0.6 is 0 Å². The van der Waals surface area contributed by atoms with E-state index in [0.29, 0.717) is 5.92 Å². The maximum absolute atomic E-state index is 10.6. The molecule has 0 saturated carbocycles. The second-order valence-corrected chi connectivity index (χ2v) is 3.33. The molecule has 0 aliphatic heterocycles. The van der Waals surface area contributed by atoms with E-state index in [1.54, 1.807) is 6.08 Å². The summed E-state index contributed by atoms with van der Waals surface area (Å²) in [6, 6.07) is 0. The summed E-state index contributed by atoms with van der Waals surface area (Å²) in [4.78, 5) is 10.1.